The fraction of sp³-hybridized carbons (Fsp3) is 0.200. The Hall–Kier alpha value is -3.28. The molecule has 0 saturated heterocycles. The molecule has 1 aliphatic heterocycles. The van der Waals surface area contributed by atoms with E-state index < -0.39 is 0 Å². The topological polar surface area (TPSA) is 67.7 Å². The Labute approximate surface area is 151 Å². The van der Waals surface area contributed by atoms with Gasteiger partial charge in [-0.15, -0.1) is 0 Å². The van der Waals surface area contributed by atoms with Gasteiger partial charge in [0.15, 0.2) is 0 Å². The lowest BCUT2D eigenvalue weighted by Crippen LogP contribution is -2.24. The van der Waals surface area contributed by atoms with Gasteiger partial charge in [-0.2, -0.15) is 5.10 Å². The summed E-state index contributed by atoms with van der Waals surface area (Å²) in [6, 6.07) is 13.5. The number of benzene rings is 2. The standard InChI is InChI=1S/C20H18N4O2/c1-13(25)24-20(15-5-8-17-19(11-15)22-10-9-21-17)12-18(23-24)14-3-6-16(26-2)7-4-14/h3-11,20H,12H2,1-2H3. The van der Waals surface area contributed by atoms with E-state index >= 15 is 0 Å². The van der Waals surface area contributed by atoms with E-state index in [9.17, 15) is 4.79 Å². The minimum absolute atomic E-state index is 0.0854. The molecule has 1 atom stereocenters. The van der Waals surface area contributed by atoms with E-state index in [1.54, 1.807) is 24.5 Å². The molecule has 2 heterocycles. The van der Waals surface area contributed by atoms with Gasteiger partial charge in [-0.05, 0) is 47.5 Å². The number of hydrogen-bond acceptors (Lipinski definition) is 5. The van der Waals surface area contributed by atoms with Crippen LogP contribution in [0.25, 0.3) is 11.0 Å². The lowest BCUT2D eigenvalue weighted by atomic mass is 9.98. The SMILES string of the molecule is COc1ccc(C2=NN(C(C)=O)C(c3ccc4nccnc4c3)C2)cc1. The first kappa shape index (κ1) is 16.2. The molecule has 0 saturated carbocycles. The quantitative estimate of drug-likeness (QED) is 0.729. The average Bonchev–Trinajstić information content (AvgIpc) is 3.13. The molecule has 130 valence electrons. The highest BCUT2D eigenvalue weighted by Crippen LogP contribution is 2.34. The van der Waals surface area contributed by atoms with Crippen LogP contribution >= 0.6 is 0 Å². The number of amides is 1. The van der Waals surface area contributed by atoms with Gasteiger partial charge in [0.25, 0.3) is 0 Å². The van der Waals surface area contributed by atoms with Crippen LogP contribution in [0.2, 0.25) is 0 Å². The largest absolute Gasteiger partial charge is 0.497 e. The van der Waals surface area contributed by atoms with Gasteiger partial charge in [0.2, 0.25) is 5.91 Å². The van der Waals surface area contributed by atoms with E-state index in [4.69, 9.17) is 4.74 Å². The van der Waals surface area contributed by atoms with Crippen molar-refractivity contribution in [3.8, 4) is 5.75 Å². The highest BCUT2D eigenvalue weighted by Gasteiger charge is 2.31. The number of nitrogens with zero attached hydrogens (tertiary/aromatic N) is 4. The Kier molecular flexibility index (Phi) is 4.08. The fourth-order valence-corrected chi connectivity index (χ4v) is 3.21. The zero-order chi connectivity index (χ0) is 18.1. The van der Waals surface area contributed by atoms with E-state index in [-0.39, 0.29) is 11.9 Å². The third kappa shape index (κ3) is 2.90. The summed E-state index contributed by atoms with van der Waals surface area (Å²) in [5, 5.41) is 6.13. The molecule has 6 nitrogen and oxygen atoms in total. The van der Waals surface area contributed by atoms with Crippen molar-refractivity contribution >= 4 is 22.7 Å². The maximum atomic E-state index is 12.1. The summed E-state index contributed by atoms with van der Waals surface area (Å²) in [5.74, 6) is 0.707. The maximum absolute atomic E-state index is 12.1. The number of fused-ring (bicyclic) bond motifs is 1. The fourth-order valence-electron chi connectivity index (χ4n) is 3.21. The molecule has 4 rings (SSSR count). The Morgan fingerprint density at radius 2 is 1.81 bits per heavy atom. The molecule has 0 spiro atoms. The van der Waals surface area contributed by atoms with Crippen LogP contribution in [-0.4, -0.2) is 33.7 Å². The average molecular weight is 346 g/mol. The normalized spacial score (nSPS) is 16.6. The van der Waals surface area contributed by atoms with E-state index in [0.717, 1.165) is 33.6 Å². The molecule has 26 heavy (non-hydrogen) atoms. The maximum Gasteiger partial charge on any atom is 0.240 e. The second-order valence-corrected chi connectivity index (χ2v) is 6.16. The highest BCUT2D eigenvalue weighted by atomic mass is 16.5. The molecule has 0 fully saturated rings. The molecular weight excluding hydrogens is 328 g/mol. The third-order valence-corrected chi connectivity index (χ3v) is 4.53. The van der Waals surface area contributed by atoms with Crippen LogP contribution in [0.5, 0.6) is 5.75 Å². The van der Waals surface area contributed by atoms with E-state index in [1.807, 2.05) is 42.5 Å². The first-order valence-electron chi connectivity index (χ1n) is 8.38. The molecule has 6 heteroatoms. The van der Waals surface area contributed by atoms with Crippen LogP contribution in [0.4, 0.5) is 0 Å². The Morgan fingerprint density at radius 1 is 1.08 bits per heavy atom. The summed E-state index contributed by atoms with van der Waals surface area (Å²) in [7, 11) is 1.64. The summed E-state index contributed by atoms with van der Waals surface area (Å²) in [4.78, 5) is 20.8. The van der Waals surface area contributed by atoms with E-state index in [1.165, 1.54) is 6.92 Å². The van der Waals surface area contributed by atoms with E-state index in [2.05, 4.69) is 15.1 Å². The summed E-state index contributed by atoms with van der Waals surface area (Å²) < 4.78 is 5.21. The number of aromatic nitrogens is 2. The lowest BCUT2D eigenvalue weighted by Gasteiger charge is -2.20. The van der Waals surface area contributed by atoms with Gasteiger partial charge in [0.05, 0.1) is 29.9 Å². The first-order chi connectivity index (χ1) is 12.7. The van der Waals surface area contributed by atoms with Crippen LogP contribution in [0, 0.1) is 0 Å². The van der Waals surface area contributed by atoms with Crippen molar-refractivity contribution in [3.05, 3.63) is 66.0 Å². The van der Waals surface area contributed by atoms with Gasteiger partial charge in [0.1, 0.15) is 5.75 Å². The molecule has 0 N–H and O–H groups in total. The van der Waals surface area contributed by atoms with Crippen LogP contribution in [0.15, 0.2) is 60.0 Å². The van der Waals surface area contributed by atoms with Gasteiger partial charge in [0, 0.05) is 25.7 Å². The van der Waals surface area contributed by atoms with Crippen LogP contribution in [-0.2, 0) is 4.79 Å². The molecule has 1 unspecified atom stereocenters. The van der Waals surface area contributed by atoms with Crippen molar-refractivity contribution in [1.82, 2.24) is 15.0 Å². The molecule has 0 aliphatic carbocycles. The summed E-state index contributed by atoms with van der Waals surface area (Å²) in [5.41, 5.74) is 4.51. The predicted molar refractivity (Wildman–Crippen MR) is 98.9 cm³/mol. The number of hydrazone groups is 1. The second kappa shape index (κ2) is 6.55. The lowest BCUT2D eigenvalue weighted by molar-refractivity contribution is -0.130. The monoisotopic (exact) mass is 346 g/mol. The molecular formula is C20H18N4O2. The van der Waals surface area contributed by atoms with Crippen molar-refractivity contribution in [2.24, 2.45) is 5.10 Å². The van der Waals surface area contributed by atoms with Gasteiger partial charge in [-0.3, -0.25) is 14.8 Å². The Balaban J connectivity index is 1.68. The number of carbonyl (C=O) groups is 1. The van der Waals surface area contributed by atoms with Gasteiger partial charge in [-0.1, -0.05) is 6.07 Å². The van der Waals surface area contributed by atoms with E-state index in [0.29, 0.717) is 6.42 Å². The van der Waals surface area contributed by atoms with Crippen LogP contribution < -0.4 is 4.74 Å². The Bertz CT molecular complexity index is 998. The van der Waals surface area contributed by atoms with Gasteiger partial charge >= 0.3 is 0 Å². The van der Waals surface area contributed by atoms with Gasteiger partial charge in [-0.25, -0.2) is 5.01 Å². The third-order valence-electron chi connectivity index (χ3n) is 4.53. The smallest absolute Gasteiger partial charge is 0.240 e. The number of carbonyl (C=O) groups excluding carboxylic acids is 1. The summed E-state index contributed by atoms with van der Waals surface area (Å²) in [6.45, 7) is 1.54. The number of methoxy groups -OCH3 is 1. The zero-order valence-corrected chi connectivity index (χ0v) is 14.6. The number of rotatable bonds is 3. The molecule has 0 bridgehead atoms. The molecule has 0 radical (unpaired) electrons. The van der Waals surface area contributed by atoms with Crippen molar-refractivity contribution in [3.63, 3.8) is 0 Å². The summed E-state index contributed by atoms with van der Waals surface area (Å²) in [6.07, 6.45) is 3.99. The molecule has 1 aliphatic rings. The molecule has 1 amide bonds. The summed E-state index contributed by atoms with van der Waals surface area (Å²) >= 11 is 0. The van der Waals surface area contributed by atoms with Crippen molar-refractivity contribution in [1.29, 1.82) is 0 Å². The van der Waals surface area contributed by atoms with Crippen molar-refractivity contribution in [2.75, 3.05) is 7.11 Å². The number of hydrogen-bond donors (Lipinski definition) is 0. The molecule has 2 aromatic carbocycles. The molecule has 3 aromatic rings. The zero-order valence-electron chi connectivity index (χ0n) is 14.6. The number of ether oxygens (including phenoxy) is 1. The second-order valence-electron chi connectivity index (χ2n) is 6.16. The first-order valence-corrected chi connectivity index (χ1v) is 8.38. The minimum atomic E-state index is -0.143. The van der Waals surface area contributed by atoms with Crippen molar-refractivity contribution < 1.29 is 9.53 Å². The van der Waals surface area contributed by atoms with Gasteiger partial charge < -0.3 is 4.74 Å². The Morgan fingerprint density at radius 3 is 2.50 bits per heavy atom. The van der Waals surface area contributed by atoms with Crippen LogP contribution in [0.3, 0.4) is 0 Å². The van der Waals surface area contributed by atoms with Crippen LogP contribution in [0.1, 0.15) is 30.5 Å². The molecule has 1 aromatic heterocycles. The minimum Gasteiger partial charge on any atom is -0.497 e. The van der Waals surface area contributed by atoms with Crippen molar-refractivity contribution in [2.45, 2.75) is 19.4 Å². The predicted octanol–water partition coefficient (Wildman–Crippen LogP) is 3.34. The highest BCUT2D eigenvalue weighted by molar-refractivity contribution is 6.03.